The van der Waals surface area contributed by atoms with Crippen LogP contribution in [0, 0.1) is 0 Å². The molecule has 1 fully saturated rings. The first kappa shape index (κ1) is 25.5. The predicted octanol–water partition coefficient (Wildman–Crippen LogP) is 3.50. The molecule has 0 amide bonds. The molecule has 0 aliphatic carbocycles. The number of halogens is 3. The molecular weight excluding hydrogens is 507 g/mol. The van der Waals surface area contributed by atoms with E-state index in [1.807, 2.05) is 36.4 Å². The number of anilines is 2. The van der Waals surface area contributed by atoms with Crippen molar-refractivity contribution in [2.45, 2.75) is 42.3 Å². The van der Waals surface area contributed by atoms with Crippen molar-refractivity contribution in [3.05, 3.63) is 83.9 Å². The molecule has 3 aromatic carbocycles. The Kier molecular flexibility index (Phi) is 6.88. The largest absolute Gasteiger partial charge is 0.573 e. The van der Waals surface area contributed by atoms with Crippen LogP contribution in [0.15, 0.2) is 77.7 Å². The normalized spacial score (nSPS) is 22.1. The molecule has 3 atom stereocenters. The van der Waals surface area contributed by atoms with Crippen molar-refractivity contribution in [3.8, 4) is 5.75 Å². The van der Waals surface area contributed by atoms with Crippen molar-refractivity contribution in [1.29, 1.82) is 0 Å². The van der Waals surface area contributed by atoms with E-state index in [2.05, 4.69) is 31.8 Å². The maximum atomic E-state index is 13.1. The van der Waals surface area contributed by atoms with Gasteiger partial charge < -0.3 is 20.1 Å². The molecule has 2 aliphatic heterocycles. The van der Waals surface area contributed by atoms with Gasteiger partial charge in [0.15, 0.2) is 0 Å². The molecule has 0 bridgehead atoms. The molecule has 11 heteroatoms. The van der Waals surface area contributed by atoms with E-state index in [0.29, 0.717) is 6.54 Å². The molecule has 0 aromatic heterocycles. The van der Waals surface area contributed by atoms with Gasteiger partial charge >= 0.3 is 6.36 Å². The zero-order valence-corrected chi connectivity index (χ0v) is 20.5. The van der Waals surface area contributed by atoms with Crippen LogP contribution < -0.4 is 19.7 Å². The third-order valence-electron chi connectivity index (χ3n) is 6.70. The van der Waals surface area contributed by atoms with Crippen LogP contribution in [0.3, 0.4) is 0 Å². The first-order chi connectivity index (χ1) is 17.6. The molecule has 1 saturated heterocycles. The number of rotatable bonds is 5. The average Bonchev–Trinajstić information content (AvgIpc) is 3.02. The third-order valence-corrected chi connectivity index (χ3v) is 8.20. The molecule has 7 nitrogen and oxygen atoms in total. The Labute approximate surface area is 212 Å². The number of aryl methyl sites for hydroxylation is 2. The molecule has 0 radical (unpaired) electrons. The van der Waals surface area contributed by atoms with E-state index in [1.54, 1.807) is 0 Å². The lowest BCUT2D eigenvalue weighted by Crippen LogP contribution is -2.64. The topological polar surface area (TPSA) is 90.9 Å². The summed E-state index contributed by atoms with van der Waals surface area (Å²) in [6.07, 6.45) is -4.28. The minimum absolute atomic E-state index is 0.184. The summed E-state index contributed by atoms with van der Waals surface area (Å²) in [5, 5.41) is 14.7. The summed E-state index contributed by atoms with van der Waals surface area (Å²) >= 11 is 0. The van der Waals surface area contributed by atoms with Gasteiger partial charge in [-0.1, -0.05) is 36.4 Å². The van der Waals surface area contributed by atoms with Gasteiger partial charge in [0.25, 0.3) is 0 Å². The summed E-state index contributed by atoms with van der Waals surface area (Å²) in [7, 11) is -4.14. The standard InChI is InChI=1S/C26H26F3N3O4S/c27-26(28,29)36-19-11-13-20(14-12-19)37(34,35)31-21-15-30-16-24(25(21)33)32-22-7-3-1-5-17(22)9-10-18-6-2-4-8-23(18)32/h1-8,11-14,21,24-25,30-31,33H,9-10,15-16H2/t21-,24+,25+/m0/s1. The number of para-hydroxylation sites is 2. The summed E-state index contributed by atoms with van der Waals surface area (Å²) in [5.74, 6) is -0.524. The molecule has 3 N–H and O–H groups in total. The number of aliphatic hydroxyl groups excluding tert-OH is 1. The number of fused-ring (bicyclic) bond motifs is 2. The second-order valence-electron chi connectivity index (χ2n) is 9.09. The fourth-order valence-corrected chi connectivity index (χ4v) is 6.26. The number of hydrogen-bond acceptors (Lipinski definition) is 6. The molecule has 37 heavy (non-hydrogen) atoms. The lowest BCUT2D eigenvalue weighted by molar-refractivity contribution is -0.274. The van der Waals surface area contributed by atoms with Gasteiger partial charge in [-0.15, -0.1) is 13.2 Å². The van der Waals surface area contributed by atoms with Gasteiger partial charge in [0, 0.05) is 24.5 Å². The molecule has 196 valence electrons. The van der Waals surface area contributed by atoms with Gasteiger partial charge in [0.2, 0.25) is 10.0 Å². The zero-order valence-electron chi connectivity index (χ0n) is 19.6. The molecule has 0 spiro atoms. The average molecular weight is 534 g/mol. The van der Waals surface area contributed by atoms with Crippen LogP contribution in [0.5, 0.6) is 5.75 Å². The number of piperidine rings is 1. The van der Waals surface area contributed by atoms with E-state index in [4.69, 9.17) is 0 Å². The van der Waals surface area contributed by atoms with Gasteiger partial charge in [0.1, 0.15) is 5.75 Å². The van der Waals surface area contributed by atoms with Crippen molar-refractivity contribution in [1.82, 2.24) is 10.0 Å². The summed E-state index contributed by atoms with van der Waals surface area (Å²) in [5.41, 5.74) is 4.19. The van der Waals surface area contributed by atoms with E-state index in [-0.39, 0.29) is 11.4 Å². The van der Waals surface area contributed by atoms with Crippen LogP contribution in [0.25, 0.3) is 0 Å². The van der Waals surface area contributed by atoms with E-state index in [9.17, 15) is 26.7 Å². The Bertz CT molecular complexity index is 1320. The van der Waals surface area contributed by atoms with Gasteiger partial charge in [0.05, 0.1) is 23.1 Å². The summed E-state index contributed by atoms with van der Waals surface area (Å²) in [4.78, 5) is 1.85. The van der Waals surface area contributed by atoms with Crippen molar-refractivity contribution in [2.24, 2.45) is 0 Å². The Morgan fingerprint density at radius 3 is 2.03 bits per heavy atom. The van der Waals surface area contributed by atoms with Gasteiger partial charge in [-0.2, -0.15) is 0 Å². The summed E-state index contributed by atoms with van der Waals surface area (Å²) < 4.78 is 69.8. The van der Waals surface area contributed by atoms with Gasteiger partial charge in [-0.3, -0.25) is 0 Å². The van der Waals surface area contributed by atoms with Crippen molar-refractivity contribution < 1.29 is 31.4 Å². The molecule has 3 aromatic rings. The quantitative estimate of drug-likeness (QED) is 0.465. The minimum Gasteiger partial charge on any atom is -0.406 e. The Balaban J connectivity index is 1.41. The van der Waals surface area contributed by atoms with Crippen molar-refractivity contribution in [2.75, 3.05) is 18.0 Å². The summed E-state index contributed by atoms with van der Waals surface area (Å²) in [6, 6.07) is 18.5. The van der Waals surface area contributed by atoms with E-state index in [1.165, 1.54) is 0 Å². The second-order valence-corrected chi connectivity index (χ2v) is 10.8. The monoisotopic (exact) mass is 533 g/mol. The first-order valence-electron chi connectivity index (χ1n) is 11.8. The van der Waals surface area contributed by atoms with Crippen LogP contribution in [-0.4, -0.2) is 51.2 Å². The van der Waals surface area contributed by atoms with Crippen molar-refractivity contribution >= 4 is 21.4 Å². The van der Waals surface area contributed by atoms with Gasteiger partial charge in [-0.25, -0.2) is 13.1 Å². The number of nitrogens with zero attached hydrogens (tertiary/aromatic N) is 1. The lowest BCUT2D eigenvalue weighted by Gasteiger charge is -2.43. The highest BCUT2D eigenvalue weighted by Crippen LogP contribution is 2.39. The van der Waals surface area contributed by atoms with Crippen LogP contribution in [0.4, 0.5) is 24.5 Å². The van der Waals surface area contributed by atoms with Gasteiger partial charge in [-0.05, 0) is 60.4 Å². The first-order valence-corrected chi connectivity index (χ1v) is 13.3. The molecule has 0 unspecified atom stereocenters. The van der Waals surface area contributed by atoms with Crippen LogP contribution in [-0.2, 0) is 22.9 Å². The zero-order chi connectivity index (χ0) is 26.2. The molecule has 0 saturated carbocycles. The van der Waals surface area contributed by atoms with Crippen molar-refractivity contribution in [3.63, 3.8) is 0 Å². The summed E-state index contributed by atoms with van der Waals surface area (Å²) in [6.45, 7) is 0.606. The number of alkyl halides is 3. The fourth-order valence-electron chi connectivity index (χ4n) is 5.01. The molecular formula is C26H26F3N3O4S. The molecule has 5 rings (SSSR count). The highest BCUT2D eigenvalue weighted by atomic mass is 32.2. The fraction of sp³-hybridized carbons (Fsp3) is 0.308. The number of hydrogen-bond donors (Lipinski definition) is 3. The molecule has 2 heterocycles. The third kappa shape index (κ3) is 5.45. The van der Waals surface area contributed by atoms with Crippen LogP contribution in [0.2, 0.25) is 0 Å². The molecule has 2 aliphatic rings. The number of nitrogens with one attached hydrogen (secondary N) is 2. The smallest absolute Gasteiger partial charge is 0.406 e. The number of aliphatic hydroxyl groups is 1. The Hall–Kier alpha value is -3.12. The van der Waals surface area contributed by atoms with E-state index < -0.39 is 40.3 Å². The van der Waals surface area contributed by atoms with E-state index in [0.717, 1.165) is 59.6 Å². The lowest BCUT2D eigenvalue weighted by atomic mass is 9.96. The maximum Gasteiger partial charge on any atom is 0.573 e. The van der Waals surface area contributed by atoms with E-state index >= 15 is 0 Å². The van der Waals surface area contributed by atoms with Crippen LogP contribution >= 0.6 is 0 Å². The highest BCUT2D eigenvalue weighted by molar-refractivity contribution is 7.89. The van der Waals surface area contributed by atoms with Crippen LogP contribution in [0.1, 0.15) is 11.1 Å². The second kappa shape index (κ2) is 9.97. The Morgan fingerprint density at radius 2 is 1.46 bits per heavy atom. The SMILES string of the molecule is O=S(=O)(N[C@H]1CNC[C@@H](N2c3ccccc3CCc3ccccc32)[C@@H]1O)c1ccc(OC(F)(F)F)cc1. The number of sulfonamides is 1. The number of benzene rings is 3. The highest BCUT2D eigenvalue weighted by Gasteiger charge is 2.40. The minimum atomic E-state index is -4.88. The number of ether oxygens (including phenoxy) is 1. The Morgan fingerprint density at radius 1 is 0.892 bits per heavy atom. The maximum absolute atomic E-state index is 13.1. The predicted molar refractivity (Wildman–Crippen MR) is 132 cm³/mol.